The predicted octanol–water partition coefficient (Wildman–Crippen LogP) is 17.2. The van der Waals surface area contributed by atoms with Gasteiger partial charge in [-0.25, -0.2) is 0 Å². The number of cyclic esters (lactones) is 3. The van der Waals surface area contributed by atoms with Crippen LogP contribution < -0.4 is 0 Å². The molecule has 12 rings (SSSR count). The number of esters is 5. The molecule has 6 aliphatic rings. The summed E-state index contributed by atoms with van der Waals surface area (Å²) >= 11 is 0. The Hall–Kier alpha value is -9.26. The normalized spacial score (nSPS) is 24.4. The molecule has 6 aromatic rings. The Morgan fingerprint density at radius 1 is 0.480 bits per heavy atom. The third kappa shape index (κ3) is 32.8. The Morgan fingerprint density at radius 2 is 0.792 bits per heavy atom. The summed E-state index contributed by atoms with van der Waals surface area (Å²) in [6.45, 7) is 31.1. The Morgan fingerprint density at radius 3 is 1.07 bits per heavy atom. The zero-order chi connectivity index (χ0) is 90.7. The molecule has 3 aliphatic heterocycles. The van der Waals surface area contributed by atoms with E-state index < -0.39 is 7.60 Å². The first-order chi connectivity index (χ1) is 59.1. The maximum atomic E-state index is 12.5. The van der Waals surface area contributed by atoms with Crippen molar-refractivity contribution in [3.05, 3.63) is 174 Å². The molecule has 27 heteroatoms. The Kier molecular flexibility index (Phi) is 51.2. The molecule has 3 saturated heterocycles. The van der Waals surface area contributed by atoms with Gasteiger partial charge < -0.3 is 63.4 Å². The van der Waals surface area contributed by atoms with Crippen LogP contribution in [0.3, 0.4) is 0 Å². The van der Waals surface area contributed by atoms with Crippen LogP contribution in [0.5, 0.6) is 0 Å². The Balaban J connectivity index is 0.000000411. The fourth-order valence-electron chi connectivity index (χ4n) is 17.4. The second kappa shape index (κ2) is 58.2. The fourth-order valence-corrected chi connectivity index (χ4v) is 19.0. The number of carbonyl (C=O) groups excluding carboxylic acids is 6. The van der Waals surface area contributed by atoms with E-state index in [9.17, 15) is 49.0 Å². The number of carbonyl (C=O) groups is 6. The molecule has 0 radical (unpaired) electrons. The van der Waals surface area contributed by atoms with Crippen molar-refractivity contribution < 1.29 is 114 Å². The molecule has 3 aromatic heterocycles. The summed E-state index contributed by atoms with van der Waals surface area (Å²) in [5.41, 5.74) is 9.30. The minimum atomic E-state index is -3.16. The van der Waals surface area contributed by atoms with Crippen molar-refractivity contribution in [2.45, 2.75) is 193 Å². The molecule has 18 atom stereocenters. The number of nitriles is 3. The van der Waals surface area contributed by atoms with Gasteiger partial charge >= 0.3 is 37.4 Å². The van der Waals surface area contributed by atoms with Crippen LogP contribution in [0.25, 0.3) is 45.5 Å². The largest absolute Gasteiger partial charge is 0.466 e. The number of ether oxygens (including phenoxy) is 5. The van der Waals surface area contributed by atoms with Crippen molar-refractivity contribution in [2.24, 2.45) is 88.8 Å². The molecule has 3 aliphatic carbocycles. The van der Waals surface area contributed by atoms with Gasteiger partial charge in [-0.1, -0.05) is 147 Å². The van der Waals surface area contributed by atoms with E-state index in [1.165, 1.54) is 20.3 Å². The number of aliphatic hydroxyl groups is 4. The van der Waals surface area contributed by atoms with Gasteiger partial charge in [0.05, 0.1) is 102 Å². The zero-order valence-electron chi connectivity index (χ0n) is 75.5. The third-order valence-corrected chi connectivity index (χ3v) is 25.0. The molecule has 6 fully saturated rings. The second-order valence-electron chi connectivity index (χ2n) is 31.9. The van der Waals surface area contributed by atoms with Crippen LogP contribution in [0.2, 0.25) is 0 Å². The first-order valence-electron chi connectivity index (χ1n) is 43.5. The number of hydrogen-bond donors (Lipinski definition) is 4. The summed E-state index contributed by atoms with van der Waals surface area (Å²) in [6.07, 6.45) is 22.6. The van der Waals surface area contributed by atoms with Gasteiger partial charge in [-0.2, -0.15) is 15.8 Å². The summed E-state index contributed by atoms with van der Waals surface area (Å²) in [5.74, 6) is 0.683. The maximum Gasteiger partial charge on any atom is 0.336 e. The number of nitrogens with zero attached hydrogens (tertiary/aromatic N) is 6. The van der Waals surface area contributed by atoms with Gasteiger partial charge in [0, 0.05) is 138 Å². The van der Waals surface area contributed by atoms with Gasteiger partial charge in [-0.3, -0.25) is 43.5 Å². The van der Waals surface area contributed by atoms with Gasteiger partial charge in [0.25, 0.3) is 0 Å². The number of pyridine rings is 3. The standard InChI is InChI=1S/C28H30N2O4.C26H28N2O3.C17H19N2O3P.C15H22O5.3C3H8O.C3H8.H2O.Ti/c1-17-14-26-27(18(2)34-28(26)32)25(23(17)12-13-33-19(3)31)11-10-22-9-8-21(16-30-22)24-7-5-4-6-20(24)15-29;1-16-13-24-25(17(2)31-26(24)30)23(21(16)11-12-29)10-9-20-8-7-19(15-28-20)22-6-4-3-5-18(22)14-27;1-3-21-23(20,22-4-2)13-16-10-9-15(12-19-16)17-8-6-5-7-14(17)11-18;1-8-6-12-14(9(2)20-15(12)18)13(7-16)11(8)4-5-19-10(3)17;3*1-2-3-4;1-3-2;;/h4-11,16-18,23,25-27H,12-14H2,1-3H3;3-10,15-17,21,23-25,29H,11-13H2,1-2H3;5-10,12H,3-4,13H2,1-2H3;7-9,11-14H,4-6H2,1-3H3;3*4H,2-3H2,1H3;3H2,1-2H3;1H2;/b11-10+;10-9+;;;;;;;;/t17-,18+,23+,25-,26+,27-;16-,17+,21+,23-,24+,25-;;8-,9+,11+,12+,13-,14+;;;;;;/m00.0....../s1. The van der Waals surface area contributed by atoms with E-state index in [1.807, 2.05) is 139 Å². The SMILES string of the molecule is CC(=O)OCC[C@H]1[C@H](/C=C/c2ccc(-c3ccccc3C#N)cn2)[C@@H]2[C@@H](C)OC(=O)[C@@H]2C[C@@H]1C.CC(=O)OCC[C@H]1[C@H](C=O)[C@@H]2[C@@H](C)OC(=O)[C@@H]2C[C@@H]1C.CCC.CCCO.CCCO.CCCO.CCOP(=O)(Cc1ccc(-c2ccccc2C#N)cn1)OCC.C[C@H]1C[C@H]2C(=O)O[C@H](C)[C@H]2[C@@H](/C=C/c2ccc(-c3ccccc3C#N)cn2)[C@@H]1CCO.O.[Ti]. The molecule has 3 aromatic carbocycles. The van der Waals surface area contributed by atoms with E-state index in [0.29, 0.717) is 92.8 Å². The minimum absolute atomic E-state index is 0. The van der Waals surface area contributed by atoms with Gasteiger partial charge in [0.1, 0.15) is 24.6 Å². The number of fused-ring (bicyclic) bond motifs is 3. The summed E-state index contributed by atoms with van der Waals surface area (Å²) in [7, 11) is -3.16. The summed E-state index contributed by atoms with van der Waals surface area (Å²) in [6, 6.07) is 40.4. The summed E-state index contributed by atoms with van der Waals surface area (Å²) < 4.78 is 49.8. The number of allylic oxidation sites excluding steroid dienone is 2. The van der Waals surface area contributed by atoms with E-state index in [2.05, 4.69) is 79.9 Å². The average molecular weight is 1780 g/mol. The first-order valence-corrected chi connectivity index (χ1v) is 45.2. The maximum absolute atomic E-state index is 12.5. The van der Waals surface area contributed by atoms with E-state index in [-0.39, 0.29) is 159 Å². The third-order valence-electron chi connectivity index (χ3n) is 23.0. The number of hydrogen-bond acceptors (Lipinski definition) is 24. The minimum Gasteiger partial charge on any atom is -0.466 e. The number of aromatic nitrogens is 3. The van der Waals surface area contributed by atoms with Crippen molar-refractivity contribution in [3.63, 3.8) is 0 Å². The summed E-state index contributed by atoms with van der Waals surface area (Å²) in [5, 5.41) is 61.1. The molecular weight excluding hydrogens is 1640 g/mol. The van der Waals surface area contributed by atoms with Gasteiger partial charge in [0.2, 0.25) is 0 Å². The smallest absolute Gasteiger partial charge is 0.336 e. The van der Waals surface area contributed by atoms with Crippen LogP contribution in [0, 0.1) is 123 Å². The van der Waals surface area contributed by atoms with Crippen LogP contribution in [-0.4, -0.2) is 148 Å². The molecule has 0 bridgehead atoms. The molecule has 6 N–H and O–H groups in total. The van der Waals surface area contributed by atoms with Crippen LogP contribution in [0.4, 0.5) is 0 Å². The molecule has 678 valence electrons. The second-order valence-corrected chi connectivity index (χ2v) is 34.0. The average Bonchev–Trinajstić information content (AvgIpc) is 1.64. The molecule has 0 amide bonds. The first kappa shape index (κ1) is 110. The molecule has 6 heterocycles. The van der Waals surface area contributed by atoms with Crippen LogP contribution in [0.1, 0.15) is 202 Å². The van der Waals surface area contributed by atoms with Gasteiger partial charge in [-0.15, -0.1) is 0 Å². The van der Waals surface area contributed by atoms with Crippen molar-refractivity contribution in [1.29, 1.82) is 15.8 Å². The molecule has 25 nitrogen and oxygen atoms in total. The predicted molar refractivity (Wildman–Crippen MR) is 478 cm³/mol. The number of aliphatic hydroxyl groups excluding tert-OH is 4. The monoisotopic (exact) mass is 1780 g/mol. The zero-order valence-corrected chi connectivity index (χ0v) is 77.9. The van der Waals surface area contributed by atoms with E-state index in [1.54, 1.807) is 56.7 Å². The topological polar surface area (TPSA) is 407 Å². The number of benzene rings is 3. The van der Waals surface area contributed by atoms with Crippen molar-refractivity contribution in [2.75, 3.05) is 52.9 Å². The van der Waals surface area contributed by atoms with Crippen LogP contribution in [0.15, 0.2) is 140 Å². The molecule has 3 saturated carbocycles. The molecular formula is C98H133N6O19PTi. The molecule has 0 spiro atoms. The molecule has 0 unspecified atom stereocenters. The van der Waals surface area contributed by atoms with E-state index in [4.69, 9.17) is 53.3 Å². The van der Waals surface area contributed by atoms with Crippen LogP contribution >= 0.6 is 7.60 Å². The molecule has 125 heavy (non-hydrogen) atoms. The quantitative estimate of drug-likeness (QED) is 0.0136. The number of rotatable bonds is 25. The Bertz CT molecular complexity index is 4470. The Labute approximate surface area is 755 Å². The van der Waals surface area contributed by atoms with Gasteiger partial charge in [-0.05, 0) is 188 Å². The van der Waals surface area contributed by atoms with E-state index >= 15 is 0 Å². The fraction of sp³-hybridized carbons (Fsp3) is 0.531. The van der Waals surface area contributed by atoms with Crippen LogP contribution in [-0.2, 0) is 93.9 Å². The van der Waals surface area contributed by atoms with E-state index in [0.717, 1.165) is 102 Å². The van der Waals surface area contributed by atoms with Crippen molar-refractivity contribution in [1.82, 2.24) is 15.0 Å². The van der Waals surface area contributed by atoms with Crippen molar-refractivity contribution in [3.8, 4) is 51.6 Å². The summed E-state index contributed by atoms with van der Waals surface area (Å²) in [4.78, 5) is 83.8. The van der Waals surface area contributed by atoms with Crippen molar-refractivity contribution >= 4 is 55.9 Å². The number of aldehydes is 1. The van der Waals surface area contributed by atoms with Gasteiger partial charge in [0.15, 0.2) is 0 Å².